The largest absolute Gasteiger partial charge is 0.480 e. The minimum Gasteiger partial charge on any atom is -0.480 e. The highest BCUT2D eigenvalue weighted by atomic mass is 16.4. The third-order valence-electron chi connectivity index (χ3n) is 3.44. The molecule has 0 saturated heterocycles. The van der Waals surface area contributed by atoms with Crippen molar-refractivity contribution in [3.63, 3.8) is 0 Å². The Morgan fingerprint density at radius 3 is 2.53 bits per heavy atom. The maximum absolute atomic E-state index is 11.5. The second kappa shape index (κ2) is 5.77. The van der Waals surface area contributed by atoms with Crippen LogP contribution in [0.2, 0.25) is 0 Å². The first-order chi connectivity index (χ1) is 8.06. The Hall–Kier alpha value is -1.42. The highest BCUT2D eigenvalue weighted by Gasteiger charge is 2.38. The second-order valence-corrected chi connectivity index (χ2v) is 4.26. The number of carbonyl (C=O) groups is 1. The summed E-state index contributed by atoms with van der Waals surface area (Å²) in [5.74, 6) is -0.756. The van der Waals surface area contributed by atoms with Gasteiger partial charge in [-0.15, -0.1) is 0 Å². The highest BCUT2D eigenvalue weighted by molar-refractivity contribution is 5.78. The smallest absolute Gasteiger partial charge is 0.324 e. The Bertz CT molecular complexity index is 361. The number of nitrogens with zero attached hydrogens (tertiary/aromatic N) is 2. The molecule has 0 atom stereocenters. The predicted molar refractivity (Wildman–Crippen MR) is 66.7 cm³/mol. The standard InChI is InChI=1S/C13H20N2O2/c1-4-13(5-2,12(16)17)15(3)10-11-7-6-8-14-9-11/h6-9H,4-5,10H2,1-3H3,(H,16,17). The molecule has 0 unspecified atom stereocenters. The van der Waals surface area contributed by atoms with Gasteiger partial charge in [0.15, 0.2) is 0 Å². The maximum Gasteiger partial charge on any atom is 0.324 e. The molecule has 4 heteroatoms. The number of aromatic nitrogens is 1. The van der Waals surface area contributed by atoms with Gasteiger partial charge in [-0.2, -0.15) is 0 Å². The molecule has 0 saturated carbocycles. The van der Waals surface area contributed by atoms with E-state index < -0.39 is 11.5 Å². The molecule has 0 bridgehead atoms. The number of hydrogen-bond acceptors (Lipinski definition) is 3. The van der Waals surface area contributed by atoms with Gasteiger partial charge in [0.25, 0.3) is 0 Å². The molecular weight excluding hydrogens is 216 g/mol. The number of hydrogen-bond donors (Lipinski definition) is 1. The van der Waals surface area contributed by atoms with Gasteiger partial charge >= 0.3 is 5.97 Å². The van der Waals surface area contributed by atoms with Crippen molar-refractivity contribution in [3.8, 4) is 0 Å². The van der Waals surface area contributed by atoms with E-state index in [4.69, 9.17) is 0 Å². The molecule has 0 fully saturated rings. The van der Waals surface area contributed by atoms with Crippen molar-refractivity contribution in [3.05, 3.63) is 30.1 Å². The Kier molecular flexibility index (Phi) is 4.63. The van der Waals surface area contributed by atoms with Gasteiger partial charge in [-0.05, 0) is 31.5 Å². The molecule has 0 spiro atoms. The van der Waals surface area contributed by atoms with Crippen molar-refractivity contribution in [1.29, 1.82) is 0 Å². The van der Waals surface area contributed by atoms with Gasteiger partial charge in [0.2, 0.25) is 0 Å². The first-order valence-electron chi connectivity index (χ1n) is 5.90. The van der Waals surface area contributed by atoms with Crippen LogP contribution in [-0.2, 0) is 11.3 Å². The molecule has 1 heterocycles. The fourth-order valence-electron chi connectivity index (χ4n) is 2.17. The van der Waals surface area contributed by atoms with Crippen LogP contribution in [0.5, 0.6) is 0 Å². The first kappa shape index (κ1) is 13.6. The topological polar surface area (TPSA) is 53.4 Å². The van der Waals surface area contributed by atoms with Crippen molar-refractivity contribution in [1.82, 2.24) is 9.88 Å². The number of aliphatic carboxylic acids is 1. The monoisotopic (exact) mass is 236 g/mol. The highest BCUT2D eigenvalue weighted by Crippen LogP contribution is 2.24. The summed E-state index contributed by atoms with van der Waals surface area (Å²) in [6, 6.07) is 3.82. The van der Waals surface area contributed by atoms with E-state index in [1.165, 1.54) is 0 Å². The quantitative estimate of drug-likeness (QED) is 0.822. The summed E-state index contributed by atoms with van der Waals surface area (Å²) in [6.45, 7) is 4.43. The number of rotatable bonds is 6. The van der Waals surface area contributed by atoms with Crippen molar-refractivity contribution < 1.29 is 9.90 Å². The summed E-state index contributed by atoms with van der Waals surface area (Å²) in [7, 11) is 1.86. The Labute approximate surface area is 102 Å². The van der Waals surface area contributed by atoms with Crippen molar-refractivity contribution in [2.75, 3.05) is 7.05 Å². The zero-order valence-corrected chi connectivity index (χ0v) is 10.7. The Balaban J connectivity index is 2.86. The van der Waals surface area contributed by atoms with Crippen LogP contribution in [-0.4, -0.2) is 33.5 Å². The number of likely N-dealkylation sites (N-methyl/N-ethyl adjacent to an activating group) is 1. The molecule has 4 nitrogen and oxygen atoms in total. The van der Waals surface area contributed by atoms with E-state index >= 15 is 0 Å². The van der Waals surface area contributed by atoms with E-state index in [-0.39, 0.29) is 0 Å². The molecule has 0 aromatic carbocycles. The number of carboxylic acid groups (broad SMARTS) is 1. The van der Waals surface area contributed by atoms with E-state index in [1.807, 2.05) is 37.9 Å². The fourth-order valence-corrected chi connectivity index (χ4v) is 2.17. The van der Waals surface area contributed by atoms with Crippen LogP contribution in [0, 0.1) is 0 Å². The summed E-state index contributed by atoms with van der Waals surface area (Å²) < 4.78 is 0. The predicted octanol–water partition coefficient (Wildman–Crippen LogP) is 2.16. The molecule has 1 aromatic rings. The van der Waals surface area contributed by atoms with E-state index in [1.54, 1.807) is 12.4 Å². The molecule has 1 aromatic heterocycles. The van der Waals surface area contributed by atoms with Gasteiger partial charge in [-0.3, -0.25) is 14.7 Å². The molecule has 94 valence electrons. The van der Waals surface area contributed by atoms with Crippen molar-refractivity contribution >= 4 is 5.97 Å². The molecule has 0 aliphatic heterocycles. The van der Waals surface area contributed by atoms with Gasteiger partial charge in [-0.1, -0.05) is 19.9 Å². The minimum absolute atomic E-state index is 0.593. The zero-order chi connectivity index (χ0) is 12.9. The van der Waals surface area contributed by atoms with Gasteiger partial charge in [0.05, 0.1) is 0 Å². The molecular formula is C13H20N2O2. The normalized spacial score (nSPS) is 11.8. The third kappa shape index (κ3) is 2.82. The van der Waals surface area contributed by atoms with E-state index in [0.717, 1.165) is 5.56 Å². The van der Waals surface area contributed by atoms with Crippen LogP contribution in [0.15, 0.2) is 24.5 Å². The summed E-state index contributed by atoms with van der Waals surface area (Å²) in [5.41, 5.74) is 0.248. The summed E-state index contributed by atoms with van der Waals surface area (Å²) in [4.78, 5) is 17.4. The lowest BCUT2D eigenvalue weighted by Crippen LogP contribution is -2.51. The molecule has 0 radical (unpaired) electrons. The van der Waals surface area contributed by atoms with Gasteiger partial charge < -0.3 is 5.11 Å². The van der Waals surface area contributed by atoms with E-state index in [0.29, 0.717) is 19.4 Å². The summed E-state index contributed by atoms with van der Waals surface area (Å²) in [5, 5.41) is 9.41. The van der Waals surface area contributed by atoms with Crippen molar-refractivity contribution in [2.24, 2.45) is 0 Å². The fraction of sp³-hybridized carbons (Fsp3) is 0.538. The first-order valence-corrected chi connectivity index (χ1v) is 5.90. The van der Waals surface area contributed by atoms with Crippen LogP contribution in [0.25, 0.3) is 0 Å². The number of pyridine rings is 1. The average Bonchev–Trinajstić information content (AvgIpc) is 2.32. The summed E-state index contributed by atoms with van der Waals surface area (Å²) >= 11 is 0. The summed E-state index contributed by atoms with van der Waals surface area (Å²) in [6.07, 6.45) is 4.67. The number of carboxylic acids is 1. The molecule has 17 heavy (non-hydrogen) atoms. The van der Waals surface area contributed by atoms with Crippen molar-refractivity contribution in [2.45, 2.75) is 38.8 Å². The maximum atomic E-state index is 11.5. The molecule has 0 aliphatic rings. The molecule has 0 amide bonds. The third-order valence-corrected chi connectivity index (χ3v) is 3.44. The second-order valence-electron chi connectivity index (χ2n) is 4.26. The van der Waals surface area contributed by atoms with Gasteiger partial charge in [0, 0.05) is 18.9 Å². The molecule has 0 aliphatic carbocycles. The van der Waals surface area contributed by atoms with Crippen LogP contribution in [0.3, 0.4) is 0 Å². The van der Waals surface area contributed by atoms with Gasteiger partial charge in [-0.25, -0.2) is 0 Å². The Morgan fingerprint density at radius 1 is 1.47 bits per heavy atom. The molecule has 1 rings (SSSR count). The minimum atomic E-state index is -0.782. The van der Waals surface area contributed by atoms with Crippen LogP contribution >= 0.6 is 0 Å². The van der Waals surface area contributed by atoms with Crippen LogP contribution in [0.1, 0.15) is 32.3 Å². The lowest BCUT2D eigenvalue weighted by Gasteiger charge is -2.36. The van der Waals surface area contributed by atoms with E-state index in [2.05, 4.69) is 4.98 Å². The lowest BCUT2D eigenvalue weighted by atomic mass is 9.91. The van der Waals surface area contributed by atoms with Crippen LogP contribution < -0.4 is 0 Å². The average molecular weight is 236 g/mol. The lowest BCUT2D eigenvalue weighted by molar-refractivity contribution is -0.151. The van der Waals surface area contributed by atoms with Crippen LogP contribution in [0.4, 0.5) is 0 Å². The van der Waals surface area contributed by atoms with Gasteiger partial charge in [0.1, 0.15) is 5.54 Å². The molecule has 1 N–H and O–H groups in total. The zero-order valence-electron chi connectivity index (χ0n) is 10.7. The SMILES string of the molecule is CCC(CC)(C(=O)O)N(C)Cc1cccnc1. The van der Waals surface area contributed by atoms with E-state index in [9.17, 15) is 9.90 Å². The Morgan fingerprint density at radius 2 is 2.12 bits per heavy atom.